The van der Waals surface area contributed by atoms with E-state index in [1.54, 1.807) is 0 Å². The number of anilines is 1. The number of hydrogen-bond donors (Lipinski definition) is 1. The molecule has 0 aromatic carbocycles. The standard InChI is InChI=1S/C17H24BrN3/c18-14-9-13(10-19-15-5-6-15)17(20-11-14)21-8-7-12-3-1-2-4-16(12)21/h9,11-12,15-16,19H,1-8,10H2. The molecule has 4 rings (SSSR count). The van der Waals surface area contributed by atoms with E-state index in [9.17, 15) is 0 Å². The van der Waals surface area contributed by atoms with Crippen molar-refractivity contribution in [1.29, 1.82) is 0 Å². The van der Waals surface area contributed by atoms with Crippen LogP contribution in [-0.2, 0) is 6.54 Å². The lowest BCUT2D eigenvalue weighted by molar-refractivity contribution is 0.341. The molecular formula is C17H24BrN3. The zero-order chi connectivity index (χ0) is 14.2. The first kappa shape index (κ1) is 14.0. The van der Waals surface area contributed by atoms with Crippen LogP contribution in [0.5, 0.6) is 0 Å². The van der Waals surface area contributed by atoms with E-state index in [2.05, 4.69) is 32.2 Å². The maximum absolute atomic E-state index is 4.79. The summed E-state index contributed by atoms with van der Waals surface area (Å²) < 4.78 is 1.10. The molecule has 2 heterocycles. The van der Waals surface area contributed by atoms with Gasteiger partial charge in [-0.15, -0.1) is 0 Å². The number of rotatable bonds is 4. The molecule has 3 nitrogen and oxygen atoms in total. The number of halogens is 1. The van der Waals surface area contributed by atoms with Gasteiger partial charge in [0, 0.05) is 41.4 Å². The molecule has 3 aliphatic rings. The Bertz CT molecular complexity index is 515. The summed E-state index contributed by atoms with van der Waals surface area (Å²) in [5.74, 6) is 2.15. The minimum absolute atomic E-state index is 0.743. The highest BCUT2D eigenvalue weighted by Gasteiger charge is 2.37. The van der Waals surface area contributed by atoms with Gasteiger partial charge in [0.1, 0.15) is 5.82 Å². The maximum Gasteiger partial charge on any atom is 0.133 e. The molecule has 2 atom stereocenters. The van der Waals surface area contributed by atoms with E-state index in [1.165, 1.54) is 62.9 Å². The van der Waals surface area contributed by atoms with Gasteiger partial charge in [0.2, 0.25) is 0 Å². The fourth-order valence-corrected chi connectivity index (χ4v) is 4.45. The van der Waals surface area contributed by atoms with Gasteiger partial charge in [-0.2, -0.15) is 0 Å². The van der Waals surface area contributed by atoms with Gasteiger partial charge in [-0.25, -0.2) is 4.98 Å². The lowest BCUT2D eigenvalue weighted by Crippen LogP contribution is -2.36. The Morgan fingerprint density at radius 2 is 2.05 bits per heavy atom. The molecule has 1 N–H and O–H groups in total. The molecule has 3 fully saturated rings. The Kier molecular flexibility index (Phi) is 3.92. The number of aromatic nitrogens is 1. The monoisotopic (exact) mass is 349 g/mol. The minimum atomic E-state index is 0.743. The normalized spacial score (nSPS) is 28.7. The molecular weight excluding hydrogens is 326 g/mol. The first-order valence-corrected chi connectivity index (χ1v) is 9.25. The van der Waals surface area contributed by atoms with Gasteiger partial charge in [-0.3, -0.25) is 0 Å². The molecule has 0 bridgehead atoms. The lowest BCUT2D eigenvalue weighted by atomic mass is 9.85. The van der Waals surface area contributed by atoms with Crippen LogP contribution in [0.1, 0.15) is 50.5 Å². The van der Waals surface area contributed by atoms with E-state index < -0.39 is 0 Å². The summed E-state index contributed by atoms with van der Waals surface area (Å²) in [5.41, 5.74) is 1.36. The molecule has 21 heavy (non-hydrogen) atoms. The second-order valence-corrected chi connectivity index (χ2v) is 7.80. The first-order chi connectivity index (χ1) is 10.3. The van der Waals surface area contributed by atoms with Crippen LogP contribution in [0.15, 0.2) is 16.7 Å². The summed E-state index contributed by atoms with van der Waals surface area (Å²) >= 11 is 3.59. The highest BCUT2D eigenvalue weighted by atomic mass is 79.9. The zero-order valence-corrected chi connectivity index (χ0v) is 14.1. The fourth-order valence-electron chi connectivity index (χ4n) is 4.07. The van der Waals surface area contributed by atoms with Crippen LogP contribution in [0.2, 0.25) is 0 Å². The van der Waals surface area contributed by atoms with E-state index in [4.69, 9.17) is 4.98 Å². The van der Waals surface area contributed by atoms with Crippen LogP contribution in [0.4, 0.5) is 5.82 Å². The molecule has 1 aromatic rings. The van der Waals surface area contributed by atoms with E-state index in [0.29, 0.717) is 0 Å². The van der Waals surface area contributed by atoms with Crippen LogP contribution < -0.4 is 10.2 Å². The average molecular weight is 350 g/mol. The van der Waals surface area contributed by atoms with Crippen LogP contribution in [0.3, 0.4) is 0 Å². The number of nitrogens with zero attached hydrogens (tertiary/aromatic N) is 2. The Labute approximate surface area is 135 Å². The minimum Gasteiger partial charge on any atom is -0.353 e. The zero-order valence-electron chi connectivity index (χ0n) is 12.5. The van der Waals surface area contributed by atoms with Gasteiger partial charge in [0.15, 0.2) is 0 Å². The predicted molar refractivity (Wildman–Crippen MR) is 89.5 cm³/mol. The Morgan fingerprint density at radius 3 is 2.90 bits per heavy atom. The van der Waals surface area contributed by atoms with Crippen molar-refractivity contribution in [2.24, 2.45) is 5.92 Å². The summed E-state index contributed by atoms with van der Waals surface area (Å²) in [6.45, 7) is 2.15. The van der Waals surface area contributed by atoms with Gasteiger partial charge in [-0.05, 0) is 60.0 Å². The van der Waals surface area contributed by atoms with Gasteiger partial charge >= 0.3 is 0 Å². The largest absolute Gasteiger partial charge is 0.353 e. The van der Waals surface area contributed by atoms with E-state index in [1.807, 2.05) is 6.20 Å². The highest BCUT2D eigenvalue weighted by Crippen LogP contribution is 2.39. The third kappa shape index (κ3) is 2.98. The molecule has 0 radical (unpaired) electrons. The fraction of sp³-hybridized carbons (Fsp3) is 0.706. The Hall–Kier alpha value is -0.610. The van der Waals surface area contributed by atoms with Crippen LogP contribution in [-0.4, -0.2) is 23.6 Å². The van der Waals surface area contributed by atoms with Crippen LogP contribution in [0.25, 0.3) is 0 Å². The molecule has 2 saturated carbocycles. The molecule has 114 valence electrons. The molecule has 1 saturated heterocycles. The van der Waals surface area contributed by atoms with Gasteiger partial charge in [-0.1, -0.05) is 12.8 Å². The van der Waals surface area contributed by atoms with Gasteiger partial charge in [0.05, 0.1) is 0 Å². The quantitative estimate of drug-likeness (QED) is 0.894. The van der Waals surface area contributed by atoms with Crippen molar-refractivity contribution in [3.05, 3.63) is 22.3 Å². The molecule has 4 heteroatoms. The molecule has 0 amide bonds. The van der Waals surface area contributed by atoms with Crippen molar-refractivity contribution < 1.29 is 0 Å². The van der Waals surface area contributed by atoms with Crippen molar-refractivity contribution in [2.75, 3.05) is 11.4 Å². The van der Waals surface area contributed by atoms with Crippen molar-refractivity contribution >= 4 is 21.7 Å². The number of nitrogens with one attached hydrogen (secondary N) is 1. The topological polar surface area (TPSA) is 28.2 Å². The summed E-state index contributed by atoms with van der Waals surface area (Å²) in [6, 6.07) is 3.75. The smallest absolute Gasteiger partial charge is 0.133 e. The predicted octanol–water partition coefficient (Wildman–Crippen LogP) is 3.87. The van der Waals surface area contributed by atoms with Crippen molar-refractivity contribution in [3.8, 4) is 0 Å². The Balaban J connectivity index is 1.57. The van der Waals surface area contributed by atoms with Crippen molar-refractivity contribution in [2.45, 2.75) is 63.6 Å². The van der Waals surface area contributed by atoms with Crippen molar-refractivity contribution in [3.63, 3.8) is 0 Å². The SMILES string of the molecule is Brc1cnc(N2CCC3CCCCC32)c(CNC2CC2)c1. The van der Waals surface area contributed by atoms with E-state index >= 15 is 0 Å². The average Bonchev–Trinajstić information content (AvgIpc) is 3.24. The van der Waals surface area contributed by atoms with Gasteiger partial charge in [0.25, 0.3) is 0 Å². The number of fused-ring (bicyclic) bond motifs is 1. The maximum atomic E-state index is 4.79. The van der Waals surface area contributed by atoms with Crippen LogP contribution in [0, 0.1) is 5.92 Å². The second kappa shape index (κ2) is 5.88. The molecule has 1 aromatic heterocycles. The highest BCUT2D eigenvalue weighted by molar-refractivity contribution is 9.10. The van der Waals surface area contributed by atoms with Crippen molar-refractivity contribution in [1.82, 2.24) is 10.3 Å². The molecule has 1 aliphatic heterocycles. The molecule has 0 spiro atoms. The Morgan fingerprint density at radius 1 is 1.19 bits per heavy atom. The van der Waals surface area contributed by atoms with Crippen LogP contribution >= 0.6 is 15.9 Å². The van der Waals surface area contributed by atoms with Gasteiger partial charge < -0.3 is 10.2 Å². The third-order valence-electron chi connectivity index (χ3n) is 5.35. The van der Waals surface area contributed by atoms with E-state index in [-0.39, 0.29) is 0 Å². The van der Waals surface area contributed by atoms with E-state index in [0.717, 1.165) is 29.0 Å². The number of hydrogen-bond acceptors (Lipinski definition) is 3. The molecule has 2 aliphatic carbocycles. The summed E-state index contributed by atoms with van der Waals surface area (Å²) in [4.78, 5) is 7.40. The third-order valence-corrected chi connectivity index (χ3v) is 5.78. The number of pyridine rings is 1. The lowest BCUT2D eigenvalue weighted by Gasteiger charge is -2.33. The molecule has 2 unspecified atom stereocenters. The summed E-state index contributed by atoms with van der Waals surface area (Å²) in [7, 11) is 0. The summed E-state index contributed by atoms with van der Waals surface area (Å²) in [6.07, 6.45) is 11.6. The second-order valence-electron chi connectivity index (χ2n) is 6.89. The summed E-state index contributed by atoms with van der Waals surface area (Å²) in [5, 5.41) is 3.65. The first-order valence-electron chi connectivity index (χ1n) is 8.46.